The van der Waals surface area contributed by atoms with E-state index in [-0.39, 0.29) is 11.8 Å². The number of carbonyl (C=O) groups is 2. The van der Waals surface area contributed by atoms with E-state index in [1.54, 1.807) is 25.2 Å². The van der Waals surface area contributed by atoms with Crippen LogP contribution in [0.15, 0.2) is 23.8 Å². The molecule has 0 unspecified atom stereocenters. The average Bonchev–Trinajstić information content (AvgIpc) is 2.30. The molecule has 0 radical (unpaired) electrons. The molecular weight excluding hydrogens is 168 g/mol. The summed E-state index contributed by atoms with van der Waals surface area (Å²) in [4.78, 5) is 22.2. The zero-order valence-electron chi connectivity index (χ0n) is 7.58. The lowest BCUT2D eigenvalue weighted by atomic mass is 10.2. The standard InChI is InChI=1S/C10H12O3/c1-2-13-10(12)8-4-3-5-9(11)7-6-8/h3-4,6H,2,5,7H2,1H3. The summed E-state index contributed by atoms with van der Waals surface area (Å²) in [7, 11) is 0. The Morgan fingerprint density at radius 2 is 2.31 bits per heavy atom. The van der Waals surface area contributed by atoms with E-state index in [1.807, 2.05) is 0 Å². The highest BCUT2D eigenvalue weighted by Crippen LogP contribution is 2.09. The predicted octanol–water partition coefficient (Wildman–Crippen LogP) is 1.40. The van der Waals surface area contributed by atoms with Crippen molar-refractivity contribution in [3.63, 3.8) is 0 Å². The van der Waals surface area contributed by atoms with Crippen LogP contribution in [0.5, 0.6) is 0 Å². The first kappa shape index (κ1) is 9.71. The molecule has 3 heteroatoms. The van der Waals surface area contributed by atoms with Gasteiger partial charge in [0.2, 0.25) is 0 Å². The van der Waals surface area contributed by atoms with Crippen LogP contribution < -0.4 is 0 Å². The summed E-state index contributed by atoms with van der Waals surface area (Å²) in [5.41, 5.74) is 0.479. The summed E-state index contributed by atoms with van der Waals surface area (Å²) in [5.74, 6) is -0.232. The fourth-order valence-electron chi connectivity index (χ4n) is 1.06. The minimum atomic E-state index is -0.353. The van der Waals surface area contributed by atoms with Gasteiger partial charge in [0.05, 0.1) is 12.2 Å². The zero-order valence-corrected chi connectivity index (χ0v) is 7.58. The molecule has 0 bridgehead atoms. The number of carbonyl (C=O) groups excluding carboxylic acids is 2. The third-order valence-electron chi connectivity index (χ3n) is 1.70. The molecular formula is C10H12O3. The third-order valence-corrected chi connectivity index (χ3v) is 1.70. The van der Waals surface area contributed by atoms with Crippen LogP contribution in [0.3, 0.4) is 0 Å². The Morgan fingerprint density at radius 1 is 1.54 bits per heavy atom. The first-order valence-corrected chi connectivity index (χ1v) is 4.29. The summed E-state index contributed by atoms with van der Waals surface area (Å²) in [6.45, 7) is 2.11. The molecule has 0 aromatic carbocycles. The van der Waals surface area contributed by atoms with Crippen LogP contribution in [-0.4, -0.2) is 18.4 Å². The molecule has 0 aromatic rings. The molecule has 1 rings (SSSR count). The van der Waals surface area contributed by atoms with Crippen LogP contribution in [0.4, 0.5) is 0 Å². The third kappa shape index (κ3) is 2.86. The summed E-state index contributed by atoms with van der Waals surface area (Å²) in [6.07, 6.45) is 5.67. The van der Waals surface area contributed by atoms with Gasteiger partial charge in [-0.15, -0.1) is 0 Å². The molecule has 0 heterocycles. The highest BCUT2D eigenvalue weighted by atomic mass is 16.5. The highest BCUT2D eigenvalue weighted by Gasteiger charge is 2.10. The molecule has 0 spiro atoms. The molecule has 1 aliphatic rings. The van der Waals surface area contributed by atoms with Crippen molar-refractivity contribution in [3.05, 3.63) is 23.8 Å². The van der Waals surface area contributed by atoms with Crippen molar-refractivity contribution in [2.75, 3.05) is 6.61 Å². The Bertz CT molecular complexity index is 274. The zero-order chi connectivity index (χ0) is 9.68. The summed E-state index contributed by atoms with van der Waals surface area (Å²) < 4.78 is 4.80. The first-order valence-electron chi connectivity index (χ1n) is 4.29. The van der Waals surface area contributed by atoms with Crippen molar-refractivity contribution in [2.24, 2.45) is 0 Å². The van der Waals surface area contributed by atoms with E-state index >= 15 is 0 Å². The second-order valence-corrected chi connectivity index (χ2v) is 2.73. The average molecular weight is 180 g/mol. The second-order valence-electron chi connectivity index (χ2n) is 2.73. The second kappa shape index (κ2) is 4.60. The molecule has 0 N–H and O–H groups in total. The largest absolute Gasteiger partial charge is 0.462 e. The number of ether oxygens (including phenoxy) is 1. The van der Waals surface area contributed by atoms with E-state index in [9.17, 15) is 9.59 Å². The maximum atomic E-state index is 11.2. The Balaban J connectivity index is 2.68. The number of Topliss-reactive ketones (excluding diaryl/α,β-unsaturated/α-hetero) is 1. The van der Waals surface area contributed by atoms with Crippen molar-refractivity contribution in [3.8, 4) is 0 Å². The van der Waals surface area contributed by atoms with Crippen LogP contribution in [0.2, 0.25) is 0 Å². The maximum absolute atomic E-state index is 11.2. The van der Waals surface area contributed by atoms with E-state index in [0.29, 0.717) is 25.0 Å². The molecule has 70 valence electrons. The lowest BCUT2D eigenvalue weighted by Crippen LogP contribution is -2.05. The van der Waals surface area contributed by atoms with Gasteiger partial charge in [0.25, 0.3) is 0 Å². The number of rotatable bonds is 2. The van der Waals surface area contributed by atoms with Gasteiger partial charge < -0.3 is 4.74 Å². The maximum Gasteiger partial charge on any atom is 0.337 e. The van der Waals surface area contributed by atoms with E-state index in [2.05, 4.69) is 0 Å². The van der Waals surface area contributed by atoms with Gasteiger partial charge in [-0.3, -0.25) is 4.79 Å². The molecule has 1 aliphatic carbocycles. The number of hydrogen-bond donors (Lipinski definition) is 0. The van der Waals surface area contributed by atoms with Crippen LogP contribution in [-0.2, 0) is 14.3 Å². The van der Waals surface area contributed by atoms with E-state index in [1.165, 1.54) is 0 Å². The molecule has 0 atom stereocenters. The molecule has 0 saturated carbocycles. The fourth-order valence-corrected chi connectivity index (χ4v) is 1.06. The van der Waals surface area contributed by atoms with Crippen LogP contribution in [0.1, 0.15) is 19.8 Å². The number of ketones is 1. The number of hydrogen-bond acceptors (Lipinski definition) is 3. The molecule has 0 fully saturated rings. The molecule has 13 heavy (non-hydrogen) atoms. The van der Waals surface area contributed by atoms with Gasteiger partial charge in [-0.05, 0) is 6.92 Å². The van der Waals surface area contributed by atoms with Crippen molar-refractivity contribution in [2.45, 2.75) is 19.8 Å². The normalized spacial score (nSPS) is 16.4. The van der Waals surface area contributed by atoms with E-state index in [4.69, 9.17) is 4.74 Å². The Hall–Kier alpha value is -1.38. The minimum Gasteiger partial charge on any atom is -0.462 e. The topological polar surface area (TPSA) is 43.4 Å². The lowest BCUT2D eigenvalue weighted by molar-refractivity contribution is -0.138. The van der Waals surface area contributed by atoms with Gasteiger partial charge in [0.15, 0.2) is 0 Å². The van der Waals surface area contributed by atoms with Gasteiger partial charge in [-0.1, -0.05) is 18.2 Å². The summed E-state index contributed by atoms with van der Waals surface area (Å²) >= 11 is 0. The molecule has 0 aromatic heterocycles. The van der Waals surface area contributed by atoms with Crippen molar-refractivity contribution < 1.29 is 14.3 Å². The SMILES string of the molecule is CCOC(=O)C1=CCC(=O)CC=C1. The lowest BCUT2D eigenvalue weighted by Gasteiger charge is -2.00. The minimum absolute atomic E-state index is 0.121. The van der Waals surface area contributed by atoms with Gasteiger partial charge in [0.1, 0.15) is 5.78 Å². The Morgan fingerprint density at radius 3 is 3.00 bits per heavy atom. The number of esters is 1. The Labute approximate surface area is 77.1 Å². The molecule has 0 saturated heterocycles. The van der Waals surface area contributed by atoms with E-state index < -0.39 is 0 Å². The van der Waals surface area contributed by atoms with Crippen molar-refractivity contribution in [1.82, 2.24) is 0 Å². The van der Waals surface area contributed by atoms with Gasteiger partial charge in [-0.2, -0.15) is 0 Å². The van der Waals surface area contributed by atoms with Crippen molar-refractivity contribution >= 4 is 11.8 Å². The summed E-state index contributed by atoms with van der Waals surface area (Å²) in [5, 5.41) is 0. The van der Waals surface area contributed by atoms with Crippen LogP contribution in [0, 0.1) is 0 Å². The molecule has 0 aliphatic heterocycles. The van der Waals surface area contributed by atoms with Gasteiger partial charge in [0, 0.05) is 12.8 Å². The quantitative estimate of drug-likeness (QED) is 0.603. The first-order chi connectivity index (χ1) is 6.24. The summed E-state index contributed by atoms with van der Waals surface area (Å²) in [6, 6.07) is 0. The highest BCUT2D eigenvalue weighted by molar-refractivity contribution is 5.94. The molecule has 3 nitrogen and oxygen atoms in total. The molecule has 0 amide bonds. The van der Waals surface area contributed by atoms with Crippen LogP contribution in [0.25, 0.3) is 0 Å². The smallest absolute Gasteiger partial charge is 0.337 e. The Kier molecular flexibility index (Phi) is 3.43. The fraction of sp³-hybridized carbons (Fsp3) is 0.400. The monoisotopic (exact) mass is 180 g/mol. The van der Waals surface area contributed by atoms with Gasteiger partial charge in [-0.25, -0.2) is 4.79 Å². The van der Waals surface area contributed by atoms with Gasteiger partial charge >= 0.3 is 5.97 Å². The van der Waals surface area contributed by atoms with Crippen molar-refractivity contribution in [1.29, 1.82) is 0 Å². The number of allylic oxidation sites excluding steroid dienone is 2. The van der Waals surface area contributed by atoms with Crippen LogP contribution >= 0.6 is 0 Å². The predicted molar refractivity (Wildman–Crippen MR) is 48.1 cm³/mol. The van der Waals surface area contributed by atoms with E-state index in [0.717, 1.165) is 0 Å².